The van der Waals surface area contributed by atoms with E-state index < -0.39 is 21.2 Å². The minimum Gasteiger partial charge on any atom is -0.445 e. The van der Waals surface area contributed by atoms with Crippen LogP contribution < -0.4 is 0 Å². The maximum absolute atomic E-state index is 12.6. The lowest BCUT2D eigenvalue weighted by Crippen LogP contribution is -2.34. The highest BCUT2D eigenvalue weighted by Gasteiger charge is 2.32. The summed E-state index contributed by atoms with van der Waals surface area (Å²) in [6.45, 7) is 0.719. The molecule has 1 saturated heterocycles. The number of hydrogen-bond donors (Lipinski definition) is 0. The van der Waals surface area contributed by atoms with Crippen molar-refractivity contribution in [3.63, 3.8) is 0 Å². The van der Waals surface area contributed by atoms with Crippen molar-refractivity contribution in [3.05, 3.63) is 71.8 Å². The zero-order valence-corrected chi connectivity index (χ0v) is 14.7. The molecule has 1 heterocycles. The van der Waals surface area contributed by atoms with Crippen LogP contribution >= 0.6 is 0 Å². The molecule has 0 spiro atoms. The van der Waals surface area contributed by atoms with Gasteiger partial charge in [0.1, 0.15) is 6.61 Å². The molecule has 1 atom stereocenters. The smallest absolute Gasteiger partial charge is 0.410 e. The molecule has 0 N–H and O–H groups in total. The molecule has 132 valence electrons. The molecule has 1 aliphatic rings. The molecule has 0 bridgehead atoms. The van der Waals surface area contributed by atoms with Crippen LogP contribution in [0.3, 0.4) is 0 Å². The summed E-state index contributed by atoms with van der Waals surface area (Å²) in [5, 5.41) is -0.569. The predicted octanol–water partition coefficient (Wildman–Crippen LogP) is 3.19. The van der Waals surface area contributed by atoms with E-state index in [1.807, 2.05) is 60.7 Å². The van der Waals surface area contributed by atoms with Gasteiger partial charge in [0.25, 0.3) is 0 Å². The van der Waals surface area contributed by atoms with Gasteiger partial charge >= 0.3 is 6.09 Å². The first kappa shape index (κ1) is 17.5. The van der Waals surface area contributed by atoms with E-state index in [1.54, 1.807) is 0 Å². The van der Waals surface area contributed by atoms with Gasteiger partial charge in [0.2, 0.25) is 0 Å². The first-order chi connectivity index (χ1) is 12.1. The third kappa shape index (κ3) is 4.39. The van der Waals surface area contributed by atoms with Crippen LogP contribution in [-0.4, -0.2) is 38.3 Å². The summed E-state index contributed by atoms with van der Waals surface area (Å²) in [4.78, 5) is 13.8. The average Bonchev–Trinajstić information content (AvgIpc) is 2.79. The van der Waals surface area contributed by atoms with E-state index in [9.17, 15) is 13.2 Å². The van der Waals surface area contributed by atoms with Gasteiger partial charge in [-0.2, -0.15) is 0 Å². The minimum absolute atomic E-state index is 0.0486. The summed E-state index contributed by atoms with van der Waals surface area (Å²) in [6, 6.07) is 18.6. The molecule has 2 aromatic carbocycles. The Morgan fingerprint density at radius 2 is 1.64 bits per heavy atom. The monoisotopic (exact) mass is 359 g/mol. The van der Waals surface area contributed by atoms with Crippen LogP contribution in [0.15, 0.2) is 60.7 Å². The van der Waals surface area contributed by atoms with E-state index >= 15 is 0 Å². The van der Waals surface area contributed by atoms with E-state index in [0.717, 1.165) is 11.1 Å². The molecule has 3 rings (SSSR count). The predicted molar refractivity (Wildman–Crippen MR) is 95.8 cm³/mol. The molecule has 0 aromatic heterocycles. The maximum atomic E-state index is 12.6. The van der Waals surface area contributed by atoms with Crippen molar-refractivity contribution in [2.75, 3.05) is 18.8 Å². The lowest BCUT2D eigenvalue weighted by molar-refractivity contribution is 0.0985. The summed E-state index contributed by atoms with van der Waals surface area (Å²) < 4.78 is 30.5. The summed E-state index contributed by atoms with van der Waals surface area (Å²) in [7, 11) is -3.30. The lowest BCUT2D eigenvalue weighted by Gasteiger charge is -2.19. The van der Waals surface area contributed by atoms with Gasteiger partial charge in [0.15, 0.2) is 9.84 Å². The SMILES string of the molecule is O=C(OCc1ccccc1)N1CCC(c2ccccc2)S(=O)(=O)CC1. The summed E-state index contributed by atoms with van der Waals surface area (Å²) in [5.41, 5.74) is 1.68. The number of ether oxygens (including phenoxy) is 1. The van der Waals surface area contributed by atoms with E-state index in [1.165, 1.54) is 4.90 Å². The van der Waals surface area contributed by atoms with Gasteiger partial charge in [0, 0.05) is 13.1 Å². The van der Waals surface area contributed by atoms with Gasteiger partial charge in [-0.15, -0.1) is 0 Å². The fourth-order valence-corrected chi connectivity index (χ4v) is 4.77. The van der Waals surface area contributed by atoms with Crippen LogP contribution in [-0.2, 0) is 21.2 Å². The quantitative estimate of drug-likeness (QED) is 0.844. The number of amides is 1. The highest BCUT2D eigenvalue weighted by molar-refractivity contribution is 7.91. The molecule has 2 aromatic rings. The summed E-state index contributed by atoms with van der Waals surface area (Å²) in [5.74, 6) is -0.0486. The Balaban J connectivity index is 1.65. The van der Waals surface area contributed by atoms with Crippen molar-refractivity contribution in [1.82, 2.24) is 4.90 Å². The van der Waals surface area contributed by atoms with Gasteiger partial charge < -0.3 is 9.64 Å². The van der Waals surface area contributed by atoms with E-state index in [4.69, 9.17) is 4.74 Å². The Morgan fingerprint density at radius 1 is 1.00 bits per heavy atom. The van der Waals surface area contributed by atoms with Crippen molar-refractivity contribution in [3.8, 4) is 0 Å². The standard InChI is InChI=1S/C19H21NO4S/c21-19(24-15-16-7-3-1-4-8-16)20-12-11-18(25(22,23)14-13-20)17-9-5-2-6-10-17/h1-10,18H,11-15H2. The maximum Gasteiger partial charge on any atom is 0.410 e. The fraction of sp³-hybridized carbons (Fsp3) is 0.316. The number of nitrogens with zero attached hydrogens (tertiary/aromatic N) is 1. The zero-order chi connectivity index (χ0) is 17.7. The molecule has 1 aliphatic heterocycles. The molecule has 6 heteroatoms. The Labute approximate surface area is 148 Å². The van der Waals surface area contributed by atoms with Crippen molar-refractivity contribution in [2.45, 2.75) is 18.3 Å². The molecule has 25 heavy (non-hydrogen) atoms. The third-order valence-corrected chi connectivity index (χ3v) is 6.50. The zero-order valence-electron chi connectivity index (χ0n) is 13.9. The molecular formula is C19H21NO4S. The van der Waals surface area contributed by atoms with E-state index in [2.05, 4.69) is 0 Å². The topological polar surface area (TPSA) is 63.7 Å². The lowest BCUT2D eigenvalue weighted by atomic mass is 10.1. The second kappa shape index (κ2) is 7.70. The van der Waals surface area contributed by atoms with Crippen LogP contribution in [0, 0.1) is 0 Å². The van der Waals surface area contributed by atoms with Crippen LogP contribution in [0.5, 0.6) is 0 Å². The van der Waals surface area contributed by atoms with E-state index in [-0.39, 0.29) is 18.9 Å². The van der Waals surface area contributed by atoms with Gasteiger partial charge in [-0.1, -0.05) is 60.7 Å². The van der Waals surface area contributed by atoms with E-state index in [0.29, 0.717) is 13.0 Å². The van der Waals surface area contributed by atoms with Gasteiger partial charge in [-0.3, -0.25) is 0 Å². The molecule has 5 nitrogen and oxygen atoms in total. The molecule has 0 radical (unpaired) electrons. The van der Waals surface area contributed by atoms with Crippen molar-refractivity contribution < 1.29 is 17.9 Å². The molecule has 0 aliphatic carbocycles. The van der Waals surface area contributed by atoms with Crippen molar-refractivity contribution >= 4 is 15.9 Å². The van der Waals surface area contributed by atoms with Gasteiger partial charge in [-0.05, 0) is 17.5 Å². The summed E-state index contributed by atoms with van der Waals surface area (Å²) in [6.07, 6.45) is -0.0833. The van der Waals surface area contributed by atoms with Crippen LogP contribution in [0.4, 0.5) is 4.79 Å². The summed E-state index contributed by atoms with van der Waals surface area (Å²) >= 11 is 0. The van der Waals surface area contributed by atoms with Crippen molar-refractivity contribution in [2.24, 2.45) is 0 Å². The first-order valence-electron chi connectivity index (χ1n) is 8.28. The second-order valence-electron chi connectivity index (χ2n) is 6.08. The number of carbonyl (C=O) groups excluding carboxylic acids is 1. The first-order valence-corrected chi connectivity index (χ1v) is 10.00. The normalized spacial score (nSPS) is 19.8. The van der Waals surface area contributed by atoms with Gasteiger partial charge in [0.05, 0.1) is 11.0 Å². The Bertz CT molecular complexity index is 806. The van der Waals surface area contributed by atoms with Crippen LogP contribution in [0.1, 0.15) is 22.8 Å². The number of carbonyl (C=O) groups is 1. The number of rotatable bonds is 3. The fourth-order valence-electron chi connectivity index (χ4n) is 2.98. The van der Waals surface area contributed by atoms with Gasteiger partial charge in [-0.25, -0.2) is 13.2 Å². The highest BCUT2D eigenvalue weighted by Crippen LogP contribution is 2.29. The Morgan fingerprint density at radius 3 is 2.32 bits per heavy atom. The molecule has 1 fully saturated rings. The largest absolute Gasteiger partial charge is 0.445 e. The highest BCUT2D eigenvalue weighted by atomic mass is 32.2. The number of hydrogen-bond acceptors (Lipinski definition) is 4. The second-order valence-corrected chi connectivity index (χ2v) is 8.39. The average molecular weight is 359 g/mol. The van der Waals surface area contributed by atoms with Crippen molar-refractivity contribution in [1.29, 1.82) is 0 Å². The molecule has 0 saturated carbocycles. The van der Waals surface area contributed by atoms with Crippen LogP contribution in [0.25, 0.3) is 0 Å². The van der Waals surface area contributed by atoms with Crippen LogP contribution in [0.2, 0.25) is 0 Å². The number of sulfone groups is 1. The molecule has 1 unspecified atom stereocenters. The Hall–Kier alpha value is -2.34. The number of benzene rings is 2. The molecule has 1 amide bonds. The minimum atomic E-state index is -3.30. The Kier molecular flexibility index (Phi) is 5.38. The molecular weight excluding hydrogens is 338 g/mol. The third-order valence-electron chi connectivity index (χ3n) is 4.38.